The maximum atomic E-state index is 15.3. The van der Waals surface area contributed by atoms with Crippen LogP contribution in [0.25, 0.3) is 0 Å². The predicted octanol–water partition coefficient (Wildman–Crippen LogP) is 4.22. The van der Waals surface area contributed by atoms with Crippen molar-refractivity contribution in [3.8, 4) is 0 Å². The summed E-state index contributed by atoms with van der Waals surface area (Å²) in [6.45, 7) is 3.61. The number of piperazine rings is 1. The number of hydrogen-bond donors (Lipinski definition) is 0. The summed E-state index contributed by atoms with van der Waals surface area (Å²) in [5.74, 6) is -1.18. The minimum atomic E-state index is -0.880. The molecule has 1 unspecified atom stereocenters. The largest absolute Gasteiger partial charge is 0.464 e. The van der Waals surface area contributed by atoms with E-state index in [-0.39, 0.29) is 24.5 Å². The van der Waals surface area contributed by atoms with E-state index in [0.717, 1.165) is 0 Å². The van der Waals surface area contributed by atoms with Crippen LogP contribution in [0, 0.1) is 5.82 Å². The van der Waals surface area contributed by atoms with Crippen LogP contribution in [0.15, 0.2) is 36.4 Å². The second kappa shape index (κ2) is 11.0. The van der Waals surface area contributed by atoms with Crippen LogP contribution in [-0.2, 0) is 20.7 Å². The molecule has 32 heavy (non-hydrogen) atoms. The molecule has 0 bridgehead atoms. The summed E-state index contributed by atoms with van der Waals surface area (Å²) >= 11 is 12.3. The standard InChI is InChI=1S/C23H25Cl2FN2O4/c1-3-32-23(30)19(31-2)14-15-6-4-9-18(21(15)26)27-10-12-28(13-11-27)22(29)20-16(24)7-5-8-17(20)25/h4-9,19H,3,10-14H2,1-2H3. The minimum absolute atomic E-state index is 0.0679. The molecular formula is C23H25Cl2FN2O4. The second-order valence-electron chi connectivity index (χ2n) is 7.31. The fourth-order valence-corrected chi connectivity index (χ4v) is 4.24. The highest BCUT2D eigenvalue weighted by atomic mass is 35.5. The zero-order valence-corrected chi connectivity index (χ0v) is 19.5. The van der Waals surface area contributed by atoms with Gasteiger partial charge in [0.15, 0.2) is 6.10 Å². The Labute approximate surface area is 196 Å². The van der Waals surface area contributed by atoms with E-state index in [1.54, 1.807) is 48.2 Å². The van der Waals surface area contributed by atoms with Gasteiger partial charge in [-0.05, 0) is 30.7 Å². The summed E-state index contributed by atoms with van der Waals surface area (Å²) in [7, 11) is 1.39. The summed E-state index contributed by atoms with van der Waals surface area (Å²) in [5.41, 5.74) is 1.06. The zero-order valence-electron chi connectivity index (χ0n) is 17.9. The van der Waals surface area contributed by atoms with Crippen LogP contribution in [0.2, 0.25) is 10.0 Å². The third-order valence-electron chi connectivity index (χ3n) is 5.38. The van der Waals surface area contributed by atoms with Gasteiger partial charge >= 0.3 is 5.97 Å². The van der Waals surface area contributed by atoms with Gasteiger partial charge in [0.05, 0.1) is 27.9 Å². The van der Waals surface area contributed by atoms with E-state index in [1.165, 1.54) is 7.11 Å². The molecule has 1 fully saturated rings. The molecule has 6 nitrogen and oxygen atoms in total. The maximum Gasteiger partial charge on any atom is 0.335 e. The number of halogens is 3. The Bertz CT molecular complexity index is 960. The van der Waals surface area contributed by atoms with Crippen molar-refractivity contribution in [3.63, 3.8) is 0 Å². The van der Waals surface area contributed by atoms with E-state index in [9.17, 15) is 9.59 Å². The molecule has 2 aromatic carbocycles. The number of benzene rings is 2. The van der Waals surface area contributed by atoms with E-state index >= 15 is 4.39 Å². The average molecular weight is 483 g/mol. The molecule has 0 aromatic heterocycles. The van der Waals surface area contributed by atoms with Gasteiger partial charge in [-0.15, -0.1) is 0 Å². The SMILES string of the molecule is CCOC(=O)C(Cc1cccc(N2CCN(C(=O)c3c(Cl)cccc3Cl)CC2)c1F)OC. The summed E-state index contributed by atoms with van der Waals surface area (Å²) in [4.78, 5) is 28.4. The molecule has 1 saturated heterocycles. The third kappa shape index (κ3) is 5.34. The lowest BCUT2D eigenvalue weighted by Crippen LogP contribution is -2.49. The van der Waals surface area contributed by atoms with Gasteiger partial charge in [-0.25, -0.2) is 9.18 Å². The predicted molar refractivity (Wildman–Crippen MR) is 122 cm³/mol. The smallest absolute Gasteiger partial charge is 0.335 e. The molecule has 0 radical (unpaired) electrons. The minimum Gasteiger partial charge on any atom is -0.464 e. The van der Waals surface area contributed by atoms with Gasteiger partial charge in [0.1, 0.15) is 5.82 Å². The maximum absolute atomic E-state index is 15.3. The molecule has 3 rings (SSSR count). The number of nitrogens with zero attached hydrogens (tertiary/aromatic N) is 2. The first-order valence-corrected chi connectivity index (χ1v) is 11.1. The third-order valence-corrected chi connectivity index (χ3v) is 6.01. The lowest BCUT2D eigenvalue weighted by molar-refractivity contribution is -0.154. The molecule has 2 aromatic rings. The summed E-state index contributed by atoms with van der Waals surface area (Å²) in [6.07, 6.45) is -0.812. The van der Waals surface area contributed by atoms with Crippen molar-refractivity contribution >= 4 is 40.8 Å². The van der Waals surface area contributed by atoms with Crippen LogP contribution in [0.1, 0.15) is 22.8 Å². The topological polar surface area (TPSA) is 59.1 Å². The van der Waals surface area contributed by atoms with Crippen molar-refractivity contribution < 1.29 is 23.5 Å². The van der Waals surface area contributed by atoms with Crippen LogP contribution in [0.5, 0.6) is 0 Å². The Morgan fingerprint density at radius 1 is 1.06 bits per heavy atom. The number of hydrogen-bond acceptors (Lipinski definition) is 5. The van der Waals surface area contributed by atoms with Gasteiger partial charge in [-0.1, -0.05) is 41.4 Å². The van der Waals surface area contributed by atoms with Crippen molar-refractivity contribution in [2.45, 2.75) is 19.4 Å². The average Bonchev–Trinajstić information content (AvgIpc) is 2.78. The van der Waals surface area contributed by atoms with Gasteiger partial charge in [-0.2, -0.15) is 0 Å². The Morgan fingerprint density at radius 2 is 1.69 bits per heavy atom. The molecule has 1 amide bonds. The molecule has 9 heteroatoms. The number of carbonyl (C=O) groups is 2. The van der Waals surface area contributed by atoms with E-state index in [4.69, 9.17) is 32.7 Å². The Kier molecular flexibility index (Phi) is 8.34. The molecule has 1 heterocycles. The van der Waals surface area contributed by atoms with Crippen LogP contribution >= 0.6 is 23.2 Å². The first-order valence-electron chi connectivity index (χ1n) is 10.3. The van der Waals surface area contributed by atoms with Crippen molar-refractivity contribution in [2.75, 3.05) is 44.8 Å². The van der Waals surface area contributed by atoms with Crippen LogP contribution in [0.4, 0.5) is 10.1 Å². The number of esters is 1. The Morgan fingerprint density at radius 3 is 2.28 bits per heavy atom. The van der Waals surface area contributed by atoms with Crippen molar-refractivity contribution in [1.29, 1.82) is 0 Å². The quantitative estimate of drug-likeness (QED) is 0.553. The number of amides is 1. The number of carbonyl (C=O) groups excluding carboxylic acids is 2. The molecule has 1 aliphatic heterocycles. The lowest BCUT2D eigenvalue weighted by atomic mass is 10.0. The summed E-state index contributed by atoms with van der Waals surface area (Å²) < 4.78 is 25.4. The van der Waals surface area contributed by atoms with Gasteiger partial charge < -0.3 is 19.3 Å². The van der Waals surface area contributed by atoms with Crippen LogP contribution < -0.4 is 4.90 Å². The Hall–Kier alpha value is -2.35. The highest BCUT2D eigenvalue weighted by Gasteiger charge is 2.28. The molecule has 0 spiro atoms. The molecular weight excluding hydrogens is 458 g/mol. The van der Waals surface area contributed by atoms with Crippen LogP contribution in [-0.4, -0.2) is 62.8 Å². The van der Waals surface area contributed by atoms with Crippen LogP contribution in [0.3, 0.4) is 0 Å². The molecule has 1 aliphatic rings. The number of anilines is 1. The van der Waals surface area contributed by atoms with Gasteiger partial charge in [0.25, 0.3) is 5.91 Å². The van der Waals surface area contributed by atoms with Crippen molar-refractivity contribution in [3.05, 3.63) is 63.4 Å². The first-order chi connectivity index (χ1) is 15.4. The molecule has 1 atom stereocenters. The molecule has 0 saturated carbocycles. The van der Waals surface area contributed by atoms with E-state index < -0.39 is 17.9 Å². The monoisotopic (exact) mass is 482 g/mol. The highest BCUT2D eigenvalue weighted by molar-refractivity contribution is 6.39. The van der Waals surface area contributed by atoms with Gasteiger partial charge in [-0.3, -0.25) is 4.79 Å². The van der Waals surface area contributed by atoms with Crippen molar-refractivity contribution in [1.82, 2.24) is 4.90 Å². The van der Waals surface area contributed by atoms with E-state index in [2.05, 4.69) is 0 Å². The fraction of sp³-hybridized carbons (Fsp3) is 0.391. The highest BCUT2D eigenvalue weighted by Crippen LogP contribution is 2.28. The molecule has 0 N–H and O–H groups in total. The summed E-state index contributed by atoms with van der Waals surface area (Å²) in [5, 5.41) is 0.607. The van der Waals surface area contributed by atoms with E-state index in [1.807, 2.05) is 4.90 Å². The number of methoxy groups -OCH3 is 1. The number of ether oxygens (including phenoxy) is 2. The second-order valence-corrected chi connectivity index (χ2v) is 8.12. The fourth-order valence-electron chi connectivity index (χ4n) is 3.68. The summed E-state index contributed by atoms with van der Waals surface area (Å²) in [6, 6.07) is 10.00. The van der Waals surface area contributed by atoms with E-state index in [0.29, 0.717) is 47.5 Å². The molecule has 172 valence electrons. The van der Waals surface area contributed by atoms with Gasteiger partial charge in [0, 0.05) is 39.7 Å². The molecule has 0 aliphatic carbocycles. The van der Waals surface area contributed by atoms with Gasteiger partial charge in [0.2, 0.25) is 0 Å². The zero-order chi connectivity index (χ0) is 23.3. The normalized spacial score (nSPS) is 14.9. The first kappa shape index (κ1) is 24.3. The number of rotatable bonds is 7. The van der Waals surface area contributed by atoms with Crippen molar-refractivity contribution in [2.24, 2.45) is 0 Å². The lowest BCUT2D eigenvalue weighted by Gasteiger charge is -2.36. The Balaban J connectivity index is 1.70.